The van der Waals surface area contributed by atoms with E-state index in [0.29, 0.717) is 12.5 Å². The van der Waals surface area contributed by atoms with Crippen molar-refractivity contribution in [2.24, 2.45) is 5.92 Å². The molecule has 84 valence electrons. The summed E-state index contributed by atoms with van der Waals surface area (Å²) in [6, 6.07) is 0. The molecule has 1 fully saturated rings. The van der Waals surface area contributed by atoms with Gasteiger partial charge in [0.05, 0.1) is 11.7 Å². The maximum absolute atomic E-state index is 9.69. The highest BCUT2D eigenvalue weighted by Gasteiger charge is 2.26. The Hall–Kier alpha value is -0.120. The van der Waals surface area contributed by atoms with Gasteiger partial charge in [-0.15, -0.1) is 0 Å². The fourth-order valence-corrected chi connectivity index (χ4v) is 2.18. The van der Waals surface area contributed by atoms with Crippen LogP contribution in [-0.2, 0) is 0 Å². The molecular formula is C11H23NO2. The zero-order valence-electron chi connectivity index (χ0n) is 9.53. The van der Waals surface area contributed by atoms with Crippen LogP contribution in [0.4, 0.5) is 0 Å². The number of nitrogens with zero attached hydrogens (tertiary/aromatic N) is 1. The molecular weight excluding hydrogens is 178 g/mol. The lowest BCUT2D eigenvalue weighted by atomic mass is 9.92. The quantitative estimate of drug-likeness (QED) is 0.711. The van der Waals surface area contributed by atoms with E-state index in [1.165, 1.54) is 0 Å². The van der Waals surface area contributed by atoms with E-state index in [1.54, 1.807) is 0 Å². The lowest BCUT2D eigenvalue weighted by molar-refractivity contribution is 0.00255. The zero-order valence-corrected chi connectivity index (χ0v) is 9.53. The van der Waals surface area contributed by atoms with Crippen LogP contribution in [0.5, 0.6) is 0 Å². The maximum Gasteiger partial charge on any atom is 0.0718 e. The molecule has 3 heteroatoms. The number of aliphatic hydroxyl groups is 2. The number of hydrogen-bond donors (Lipinski definition) is 2. The molecule has 1 heterocycles. The van der Waals surface area contributed by atoms with E-state index in [9.17, 15) is 10.2 Å². The zero-order chi connectivity index (χ0) is 10.8. The van der Waals surface area contributed by atoms with E-state index in [-0.39, 0.29) is 6.10 Å². The van der Waals surface area contributed by atoms with Crippen LogP contribution in [-0.4, -0.2) is 46.5 Å². The Morgan fingerprint density at radius 2 is 2.14 bits per heavy atom. The van der Waals surface area contributed by atoms with Gasteiger partial charge in [-0.05, 0) is 46.1 Å². The Kier molecular flexibility index (Phi) is 3.93. The van der Waals surface area contributed by atoms with E-state index in [1.807, 2.05) is 20.8 Å². The van der Waals surface area contributed by atoms with Crippen LogP contribution >= 0.6 is 0 Å². The van der Waals surface area contributed by atoms with Gasteiger partial charge in [0.25, 0.3) is 0 Å². The largest absolute Gasteiger partial charge is 0.393 e. The second kappa shape index (κ2) is 4.60. The summed E-state index contributed by atoms with van der Waals surface area (Å²) in [6.45, 7) is 8.20. The molecule has 2 unspecified atom stereocenters. The summed E-state index contributed by atoms with van der Waals surface area (Å²) >= 11 is 0. The molecule has 1 rings (SSSR count). The van der Waals surface area contributed by atoms with Crippen molar-refractivity contribution >= 4 is 0 Å². The molecule has 0 aliphatic carbocycles. The van der Waals surface area contributed by atoms with Crippen molar-refractivity contribution in [3.63, 3.8) is 0 Å². The van der Waals surface area contributed by atoms with Crippen molar-refractivity contribution in [1.82, 2.24) is 4.90 Å². The number of piperidine rings is 1. The van der Waals surface area contributed by atoms with Gasteiger partial charge in [0.15, 0.2) is 0 Å². The topological polar surface area (TPSA) is 43.7 Å². The van der Waals surface area contributed by atoms with Gasteiger partial charge in [-0.3, -0.25) is 0 Å². The number of β-amino-alcohol motifs (C(OH)–C–C–N with tert-alkyl or cyclic N) is 1. The van der Waals surface area contributed by atoms with Crippen LogP contribution in [0.15, 0.2) is 0 Å². The smallest absolute Gasteiger partial charge is 0.0718 e. The molecule has 2 N–H and O–H groups in total. The minimum Gasteiger partial charge on any atom is -0.393 e. The molecule has 0 aromatic heterocycles. The van der Waals surface area contributed by atoms with Crippen molar-refractivity contribution < 1.29 is 10.2 Å². The Balaban J connectivity index is 2.40. The normalized spacial score (nSPS) is 27.6. The van der Waals surface area contributed by atoms with Gasteiger partial charge in [0, 0.05) is 13.1 Å². The first-order chi connectivity index (χ1) is 6.38. The van der Waals surface area contributed by atoms with E-state index in [0.717, 1.165) is 25.9 Å². The molecule has 0 saturated carbocycles. The summed E-state index contributed by atoms with van der Waals surface area (Å²) in [5.41, 5.74) is -0.624. The third kappa shape index (κ3) is 3.95. The van der Waals surface area contributed by atoms with Crippen molar-refractivity contribution in [1.29, 1.82) is 0 Å². The number of likely N-dealkylation sites (tertiary alicyclic amines) is 1. The highest BCUT2D eigenvalue weighted by Crippen LogP contribution is 2.20. The second-order valence-electron chi connectivity index (χ2n) is 5.19. The SMILES string of the molecule is CC(O)C1CCCN(CC(C)(C)O)C1. The van der Waals surface area contributed by atoms with Gasteiger partial charge in [0.1, 0.15) is 0 Å². The molecule has 0 spiro atoms. The standard InChI is InChI=1S/C11H23NO2/c1-9(13)10-5-4-6-12(7-10)8-11(2,3)14/h9-10,13-14H,4-8H2,1-3H3. The van der Waals surface area contributed by atoms with Gasteiger partial charge in [-0.2, -0.15) is 0 Å². The molecule has 0 bridgehead atoms. The summed E-state index contributed by atoms with van der Waals surface area (Å²) in [4.78, 5) is 2.25. The molecule has 1 saturated heterocycles. The number of hydrogen-bond acceptors (Lipinski definition) is 3. The van der Waals surface area contributed by atoms with Gasteiger partial charge < -0.3 is 15.1 Å². The van der Waals surface area contributed by atoms with Crippen molar-refractivity contribution in [3.8, 4) is 0 Å². The van der Waals surface area contributed by atoms with Crippen LogP contribution in [0.3, 0.4) is 0 Å². The van der Waals surface area contributed by atoms with Gasteiger partial charge in [-0.1, -0.05) is 0 Å². The second-order valence-corrected chi connectivity index (χ2v) is 5.19. The summed E-state index contributed by atoms with van der Waals surface area (Å²) in [6.07, 6.45) is 2.02. The third-order valence-electron chi connectivity index (χ3n) is 2.83. The molecule has 0 amide bonds. The minimum atomic E-state index is -0.624. The lowest BCUT2D eigenvalue weighted by Crippen LogP contribution is -2.45. The van der Waals surface area contributed by atoms with Gasteiger partial charge in [0.2, 0.25) is 0 Å². The average molecular weight is 201 g/mol. The van der Waals surface area contributed by atoms with Crippen molar-refractivity contribution in [2.75, 3.05) is 19.6 Å². The van der Waals surface area contributed by atoms with Crippen LogP contribution in [0.25, 0.3) is 0 Å². The summed E-state index contributed by atoms with van der Waals surface area (Å²) in [5.74, 6) is 0.381. The average Bonchev–Trinajstić information content (AvgIpc) is 2.01. The molecule has 1 aliphatic rings. The Morgan fingerprint density at radius 3 is 2.64 bits per heavy atom. The van der Waals surface area contributed by atoms with Crippen LogP contribution in [0.1, 0.15) is 33.6 Å². The summed E-state index contributed by atoms with van der Waals surface area (Å²) in [5, 5.41) is 19.2. The Bertz CT molecular complexity index is 175. The third-order valence-corrected chi connectivity index (χ3v) is 2.83. The van der Waals surface area contributed by atoms with E-state index in [4.69, 9.17) is 0 Å². The van der Waals surface area contributed by atoms with E-state index < -0.39 is 5.60 Å². The first-order valence-electron chi connectivity index (χ1n) is 5.51. The summed E-state index contributed by atoms with van der Waals surface area (Å²) in [7, 11) is 0. The van der Waals surface area contributed by atoms with Crippen LogP contribution in [0, 0.1) is 5.92 Å². The number of rotatable bonds is 3. The molecule has 0 aromatic carbocycles. The first kappa shape index (κ1) is 12.0. The van der Waals surface area contributed by atoms with E-state index in [2.05, 4.69) is 4.90 Å². The Morgan fingerprint density at radius 1 is 1.50 bits per heavy atom. The number of aliphatic hydroxyl groups excluding tert-OH is 1. The minimum absolute atomic E-state index is 0.223. The highest BCUT2D eigenvalue weighted by molar-refractivity contribution is 4.80. The molecule has 0 radical (unpaired) electrons. The van der Waals surface area contributed by atoms with Crippen molar-refractivity contribution in [2.45, 2.75) is 45.3 Å². The maximum atomic E-state index is 9.69. The van der Waals surface area contributed by atoms with Gasteiger partial charge in [-0.25, -0.2) is 0 Å². The highest BCUT2D eigenvalue weighted by atomic mass is 16.3. The van der Waals surface area contributed by atoms with Gasteiger partial charge >= 0.3 is 0 Å². The molecule has 1 aliphatic heterocycles. The predicted octanol–water partition coefficient (Wildman–Crippen LogP) is 0.850. The molecule has 2 atom stereocenters. The Labute approximate surface area is 86.7 Å². The molecule has 3 nitrogen and oxygen atoms in total. The first-order valence-corrected chi connectivity index (χ1v) is 5.51. The molecule has 0 aromatic rings. The summed E-state index contributed by atoms with van der Waals surface area (Å²) < 4.78 is 0. The predicted molar refractivity (Wildman–Crippen MR) is 57.1 cm³/mol. The fourth-order valence-electron chi connectivity index (χ4n) is 2.18. The lowest BCUT2D eigenvalue weighted by Gasteiger charge is -2.37. The van der Waals surface area contributed by atoms with Crippen molar-refractivity contribution in [3.05, 3.63) is 0 Å². The van der Waals surface area contributed by atoms with E-state index >= 15 is 0 Å². The van der Waals surface area contributed by atoms with Crippen LogP contribution in [0.2, 0.25) is 0 Å². The monoisotopic (exact) mass is 201 g/mol. The molecule has 14 heavy (non-hydrogen) atoms. The van der Waals surface area contributed by atoms with Crippen LogP contribution < -0.4 is 0 Å². The fraction of sp³-hybridized carbons (Fsp3) is 1.00.